The van der Waals surface area contributed by atoms with Gasteiger partial charge in [0.1, 0.15) is 0 Å². The second-order valence-electron chi connectivity index (χ2n) is 4.65. The maximum absolute atomic E-state index is 5.05. The molecule has 0 saturated carbocycles. The molecule has 0 amide bonds. The van der Waals surface area contributed by atoms with Gasteiger partial charge in [0.15, 0.2) is 5.96 Å². The fraction of sp³-hybridized carbons (Fsp3) is 0.600. The van der Waals surface area contributed by atoms with Crippen LogP contribution in [0, 0.1) is 0 Å². The number of aliphatic imine (C=N–C) groups is 1. The summed E-state index contributed by atoms with van der Waals surface area (Å²) in [5, 5.41) is 3.31. The van der Waals surface area contributed by atoms with Gasteiger partial charge >= 0.3 is 0 Å². The van der Waals surface area contributed by atoms with Gasteiger partial charge in [-0.25, -0.2) is 9.98 Å². The van der Waals surface area contributed by atoms with Gasteiger partial charge in [-0.1, -0.05) is 19.4 Å². The molecule has 1 heterocycles. The first-order chi connectivity index (χ1) is 9.71. The van der Waals surface area contributed by atoms with Crippen molar-refractivity contribution in [2.24, 2.45) is 4.99 Å². The van der Waals surface area contributed by atoms with Gasteiger partial charge in [-0.15, -0.1) is 0 Å². The number of ether oxygens (including phenoxy) is 1. The number of hydrogen-bond acceptors (Lipinski definition) is 3. The molecule has 0 unspecified atom stereocenters. The number of aromatic nitrogens is 1. The normalized spacial score (nSPS) is 11.3. The van der Waals surface area contributed by atoms with Crippen LogP contribution in [-0.2, 0) is 6.54 Å². The third-order valence-corrected chi connectivity index (χ3v) is 2.96. The number of unbranched alkanes of at least 4 members (excludes halogenated alkanes) is 1. The van der Waals surface area contributed by atoms with E-state index in [2.05, 4.69) is 41.1 Å². The lowest BCUT2D eigenvalue weighted by molar-refractivity contribution is 0.397. The van der Waals surface area contributed by atoms with E-state index in [9.17, 15) is 0 Å². The fourth-order valence-corrected chi connectivity index (χ4v) is 1.76. The van der Waals surface area contributed by atoms with Crippen LogP contribution in [0.1, 0.15) is 32.3 Å². The lowest BCUT2D eigenvalue weighted by Crippen LogP contribution is -2.39. The van der Waals surface area contributed by atoms with Crippen LogP contribution in [0.4, 0.5) is 0 Å². The number of nitrogens with one attached hydrogen (secondary N) is 1. The van der Waals surface area contributed by atoms with E-state index in [1.54, 1.807) is 13.3 Å². The average Bonchev–Trinajstić information content (AvgIpc) is 2.49. The quantitative estimate of drug-likeness (QED) is 0.614. The van der Waals surface area contributed by atoms with Crippen LogP contribution >= 0.6 is 0 Å². The first-order valence-corrected chi connectivity index (χ1v) is 7.19. The third kappa shape index (κ3) is 5.47. The van der Waals surface area contributed by atoms with E-state index in [0.717, 1.165) is 24.6 Å². The van der Waals surface area contributed by atoms with E-state index < -0.39 is 0 Å². The van der Waals surface area contributed by atoms with Crippen molar-refractivity contribution < 1.29 is 4.74 Å². The molecule has 20 heavy (non-hydrogen) atoms. The summed E-state index contributed by atoms with van der Waals surface area (Å²) in [5.74, 6) is 1.57. The minimum absolute atomic E-state index is 0.621. The Morgan fingerprint density at radius 1 is 1.40 bits per heavy atom. The van der Waals surface area contributed by atoms with Crippen molar-refractivity contribution >= 4 is 5.96 Å². The lowest BCUT2D eigenvalue weighted by atomic mass is 10.3. The molecule has 5 nitrogen and oxygen atoms in total. The predicted molar refractivity (Wildman–Crippen MR) is 83.1 cm³/mol. The highest BCUT2D eigenvalue weighted by molar-refractivity contribution is 5.79. The molecule has 0 atom stereocenters. The molecule has 1 aromatic heterocycles. The van der Waals surface area contributed by atoms with Crippen molar-refractivity contribution in [2.75, 3.05) is 27.2 Å². The van der Waals surface area contributed by atoms with Crippen molar-refractivity contribution in [3.63, 3.8) is 0 Å². The molecular weight excluding hydrogens is 252 g/mol. The molecule has 1 aromatic rings. The molecule has 112 valence electrons. The standard InChI is InChI=1S/C15H26N4O/c1-5-7-10-19(3)15(16-6-2)18-12-13-8-9-14(20-4)17-11-13/h8-9,11H,5-7,10,12H2,1-4H3,(H,16,18). The maximum Gasteiger partial charge on any atom is 0.212 e. The molecule has 0 aromatic carbocycles. The molecule has 0 radical (unpaired) electrons. The molecular formula is C15H26N4O. The Balaban J connectivity index is 2.64. The van der Waals surface area contributed by atoms with Gasteiger partial charge in [0, 0.05) is 32.4 Å². The molecule has 1 N–H and O–H groups in total. The van der Waals surface area contributed by atoms with Crippen LogP contribution in [0.25, 0.3) is 0 Å². The predicted octanol–water partition coefficient (Wildman–Crippen LogP) is 2.29. The molecule has 5 heteroatoms. The second-order valence-corrected chi connectivity index (χ2v) is 4.65. The molecule has 0 fully saturated rings. The highest BCUT2D eigenvalue weighted by Crippen LogP contribution is 2.07. The van der Waals surface area contributed by atoms with Crippen LogP contribution in [0.3, 0.4) is 0 Å². The fourth-order valence-electron chi connectivity index (χ4n) is 1.76. The summed E-state index contributed by atoms with van der Waals surface area (Å²) in [6.07, 6.45) is 4.16. The van der Waals surface area contributed by atoms with Crippen molar-refractivity contribution in [2.45, 2.75) is 33.2 Å². The highest BCUT2D eigenvalue weighted by atomic mass is 16.5. The molecule has 0 spiro atoms. The molecule has 0 aliphatic carbocycles. The van der Waals surface area contributed by atoms with Crippen molar-refractivity contribution in [3.05, 3.63) is 23.9 Å². The largest absolute Gasteiger partial charge is 0.481 e. The Bertz CT molecular complexity index is 403. The number of methoxy groups -OCH3 is 1. The Kier molecular flexibility index (Phi) is 7.47. The van der Waals surface area contributed by atoms with Crippen LogP contribution in [-0.4, -0.2) is 43.1 Å². The Labute approximate surface area is 122 Å². The zero-order valence-corrected chi connectivity index (χ0v) is 13.0. The number of nitrogens with zero attached hydrogens (tertiary/aromatic N) is 3. The monoisotopic (exact) mass is 278 g/mol. The molecule has 0 saturated heterocycles. The minimum atomic E-state index is 0.621. The minimum Gasteiger partial charge on any atom is -0.481 e. The first-order valence-electron chi connectivity index (χ1n) is 7.19. The van der Waals surface area contributed by atoms with E-state index in [-0.39, 0.29) is 0 Å². The van der Waals surface area contributed by atoms with E-state index in [4.69, 9.17) is 4.74 Å². The summed E-state index contributed by atoms with van der Waals surface area (Å²) in [6, 6.07) is 3.85. The Hall–Kier alpha value is -1.78. The molecule has 0 aliphatic rings. The third-order valence-electron chi connectivity index (χ3n) is 2.96. The maximum atomic E-state index is 5.05. The van der Waals surface area contributed by atoms with E-state index in [1.165, 1.54) is 12.8 Å². The van der Waals surface area contributed by atoms with Gasteiger partial charge in [0.2, 0.25) is 5.88 Å². The van der Waals surface area contributed by atoms with E-state index >= 15 is 0 Å². The van der Waals surface area contributed by atoms with Gasteiger partial charge in [0.05, 0.1) is 13.7 Å². The Morgan fingerprint density at radius 2 is 2.20 bits per heavy atom. The van der Waals surface area contributed by atoms with Crippen molar-refractivity contribution in [1.82, 2.24) is 15.2 Å². The van der Waals surface area contributed by atoms with Crippen molar-refractivity contribution in [1.29, 1.82) is 0 Å². The van der Waals surface area contributed by atoms with E-state index in [1.807, 2.05) is 12.1 Å². The van der Waals surface area contributed by atoms with Crippen LogP contribution in [0.2, 0.25) is 0 Å². The summed E-state index contributed by atoms with van der Waals surface area (Å²) in [7, 11) is 3.69. The number of guanidine groups is 1. The summed E-state index contributed by atoms with van der Waals surface area (Å²) in [5.41, 5.74) is 1.07. The Morgan fingerprint density at radius 3 is 2.75 bits per heavy atom. The highest BCUT2D eigenvalue weighted by Gasteiger charge is 2.04. The van der Waals surface area contributed by atoms with Crippen LogP contribution in [0.5, 0.6) is 5.88 Å². The molecule has 0 aliphatic heterocycles. The smallest absolute Gasteiger partial charge is 0.212 e. The SMILES string of the molecule is CCCCN(C)C(=NCc1ccc(OC)nc1)NCC. The first kappa shape index (κ1) is 16.3. The van der Waals surface area contributed by atoms with Gasteiger partial charge in [-0.05, 0) is 18.9 Å². The van der Waals surface area contributed by atoms with Gasteiger partial charge in [-0.2, -0.15) is 0 Å². The van der Waals surface area contributed by atoms with Crippen LogP contribution < -0.4 is 10.1 Å². The number of hydrogen-bond donors (Lipinski definition) is 1. The number of pyridine rings is 1. The molecule has 1 rings (SSSR count). The second kappa shape index (κ2) is 9.18. The zero-order valence-electron chi connectivity index (χ0n) is 13.0. The lowest BCUT2D eigenvalue weighted by Gasteiger charge is -2.21. The molecule has 0 bridgehead atoms. The van der Waals surface area contributed by atoms with Gasteiger partial charge < -0.3 is 15.0 Å². The topological polar surface area (TPSA) is 49.8 Å². The average molecular weight is 278 g/mol. The summed E-state index contributed by atoms with van der Waals surface area (Å²) in [6.45, 7) is 6.79. The van der Waals surface area contributed by atoms with Crippen LogP contribution in [0.15, 0.2) is 23.3 Å². The number of rotatable bonds is 7. The van der Waals surface area contributed by atoms with Gasteiger partial charge in [-0.3, -0.25) is 0 Å². The zero-order chi connectivity index (χ0) is 14.8. The van der Waals surface area contributed by atoms with E-state index in [0.29, 0.717) is 12.4 Å². The van der Waals surface area contributed by atoms with Gasteiger partial charge in [0.25, 0.3) is 0 Å². The summed E-state index contributed by atoms with van der Waals surface area (Å²) in [4.78, 5) is 11.0. The van der Waals surface area contributed by atoms with Crippen molar-refractivity contribution in [3.8, 4) is 5.88 Å². The summed E-state index contributed by atoms with van der Waals surface area (Å²) < 4.78 is 5.05. The summed E-state index contributed by atoms with van der Waals surface area (Å²) >= 11 is 0.